The van der Waals surface area contributed by atoms with Gasteiger partial charge in [0.05, 0.1) is 7.11 Å². The van der Waals surface area contributed by atoms with Crippen LogP contribution in [-0.4, -0.2) is 22.2 Å². The van der Waals surface area contributed by atoms with Crippen LogP contribution in [0, 0.1) is 0 Å². The lowest BCUT2D eigenvalue weighted by Gasteiger charge is -2.04. The third-order valence-electron chi connectivity index (χ3n) is 2.04. The number of hydrogen-bond donors (Lipinski definition) is 2. The van der Waals surface area contributed by atoms with E-state index >= 15 is 0 Å². The van der Waals surface area contributed by atoms with Crippen molar-refractivity contribution in [2.45, 2.75) is 0 Å². The average Bonchev–Trinajstić information content (AvgIpc) is 2.28. The highest BCUT2D eigenvalue weighted by Crippen LogP contribution is 2.22. The minimum atomic E-state index is 0.155. The van der Waals surface area contributed by atoms with Crippen LogP contribution in [0.4, 0.5) is 5.82 Å². The van der Waals surface area contributed by atoms with E-state index in [1.807, 2.05) is 0 Å². The number of anilines is 1. The molecule has 2 rings (SSSR count). The summed E-state index contributed by atoms with van der Waals surface area (Å²) in [6.45, 7) is 0. The summed E-state index contributed by atoms with van der Waals surface area (Å²) in [5.41, 5.74) is 6.30. The molecule has 5 nitrogen and oxygen atoms in total. The topological polar surface area (TPSA) is 81.3 Å². The van der Waals surface area contributed by atoms with Crippen molar-refractivity contribution in [1.82, 2.24) is 9.97 Å². The molecule has 82 valence electrons. The van der Waals surface area contributed by atoms with Crippen molar-refractivity contribution in [2.75, 3.05) is 12.8 Å². The number of aromatic nitrogens is 2. The normalized spacial score (nSPS) is 10.1. The van der Waals surface area contributed by atoms with E-state index in [9.17, 15) is 5.11 Å². The Morgan fingerprint density at radius 2 is 2.06 bits per heavy atom. The monoisotopic (exact) mass is 217 g/mol. The first-order valence-corrected chi connectivity index (χ1v) is 4.67. The van der Waals surface area contributed by atoms with E-state index in [-0.39, 0.29) is 5.75 Å². The van der Waals surface area contributed by atoms with Crippen LogP contribution in [0.15, 0.2) is 30.3 Å². The highest BCUT2D eigenvalue weighted by Gasteiger charge is 2.05. The van der Waals surface area contributed by atoms with Gasteiger partial charge in [-0.1, -0.05) is 12.1 Å². The standard InChI is InChI=1S/C11H11N3O2/c1-16-10-6-9(12)13-11(14-10)7-3-2-4-8(15)5-7/h2-6,15H,1H3,(H2,12,13,14). The van der Waals surface area contributed by atoms with Gasteiger partial charge in [-0.15, -0.1) is 0 Å². The Bertz CT molecular complexity index is 514. The lowest BCUT2D eigenvalue weighted by molar-refractivity contribution is 0.398. The highest BCUT2D eigenvalue weighted by molar-refractivity contribution is 5.59. The van der Waals surface area contributed by atoms with Crippen molar-refractivity contribution in [2.24, 2.45) is 0 Å². The summed E-state index contributed by atoms with van der Waals surface area (Å²) >= 11 is 0. The molecule has 0 radical (unpaired) electrons. The van der Waals surface area contributed by atoms with Crippen LogP contribution in [0.5, 0.6) is 11.6 Å². The van der Waals surface area contributed by atoms with Gasteiger partial charge in [-0.2, -0.15) is 4.98 Å². The third kappa shape index (κ3) is 2.03. The third-order valence-corrected chi connectivity index (χ3v) is 2.04. The van der Waals surface area contributed by atoms with Crippen molar-refractivity contribution in [3.05, 3.63) is 30.3 Å². The predicted octanol–water partition coefficient (Wildman–Crippen LogP) is 1.44. The van der Waals surface area contributed by atoms with E-state index < -0.39 is 0 Å². The van der Waals surface area contributed by atoms with E-state index in [1.165, 1.54) is 13.2 Å². The number of nitrogen functional groups attached to an aromatic ring is 1. The van der Waals surface area contributed by atoms with E-state index in [0.717, 1.165) is 0 Å². The van der Waals surface area contributed by atoms with Crippen molar-refractivity contribution in [1.29, 1.82) is 0 Å². The zero-order valence-electron chi connectivity index (χ0n) is 8.71. The summed E-state index contributed by atoms with van der Waals surface area (Å²) in [5.74, 6) is 1.30. The zero-order valence-corrected chi connectivity index (χ0v) is 8.71. The van der Waals surface area contributed by atoms with Gasteiger partial charge in [-0.25, -0.2) is 4.98 Å². The fraction of sp³-hybridized carbons (Fsp3) is 0.0909. The number of rotatable bonds is 2. The Labute approximate surface area is 92.5 Å². The molecule has 0 saturated heterocycles. The Balaban J connectivity index is 2.51. The summed E-state index contributed by atoms with van der Waals surface area (Å²) in [5, 5.41) is 9.35. The van der Waals surface area contributed by atoms with Crippen LogP contribution in [0.2, 0.25) is 0 Å². The van der Waals surface area contributed by atoms with Gasteiger partial charge in [-0.3, -0.25) is 0 Å². The Morgan fingerprint density at radius 1 is 1.25 bits per heavy atom. The first-order valence-electron chi connectivity index (χ1n) is 4.67. The second kappa shape index (κ2) is 4.06. The number of benzene rings is 1. The van der Waals surface area contributed by atoms with E-state index in [0.29, 0.717) is 23.1 Å². The number of ether oxygens (including phenoxy) is 1. The van der Waals surface area contributed by atoms with E-state index in [1.54, 1.807) is 24.3 Å². The Morgan fingerprint density at radius 3 is 2.75 bits per heavy atom. The molecule has 0 saturated carbocycles. The summed E-state index contributed by atoms with van der Waals surface area (Å²) in [4.78, 5) is 8.21. The van der Waals surface area contributed by atoms with Crippen LogP contribution < -0.4 is 10.5 Å². The van der Waals surface area contributed by atoms with Gasteiger partial charge in [-0.05, 0) is 12.1 Å². The van der Waals surface area contributed by atoms with Gasteiger partial charge >= 0.3 is 0 Å². The maximum absolute atomic E-state index is 9.35. The molecule has 0 unspecified atom stereocenters. The molecule has 0 atom stereocenters. The van der Waals surface area contributed by atoms with Gasteiger partial charge in [0.25, 0.3) is 0 Å². The molecule has 2 aromatic rings. The van der Waals surface area contributed by atoms with Crippen LogP contribution in [0.1, 0.15) is 0 Å². The Hall–Kier alpha value is -2.30. The minimum absolute atomic E-state index is 0.155. The Kier molecular flexibility index (Phi) is 2.59. The van der Waals surface area contributed by atoms with Crippen molar-refractivity contribution in [3.8, 4) is 23.0 Å². The number of phenolic OH excluding ortho intramolecular Hbond substituents is 1. The maximum atomic E-state index is 9.35. The molecule has 0 aliphatic rings. The van der Waals surface area contributed by atoms with Crippen molar-refractivity contribution in [3.63, 3.8) is 0 Å². The molecule has 1 heterocycles. The molecular weight excluding hydrogens is 206 g/mol. The number of nitrogens with two attached hydrogens (primary N) is 1. The van der Waals surface area contributed by atoms with Crippen molar-refractivity contribution < 1.29 is 9.84 Å². The molecule has 1 aromatic heterocycles. The van der Waals surface area contributed by atoms with Crippen LogP contribution >= 0.6 is 0 Å². The first-order chi connectivity index (χ1) is 7.69. The summed E-state index contributed by atoms with van der Waals surface area (Å²) < 4.78 is 4.99. The number of aromatic hydroxyl groups is 1. The largest absolute Gasteiger partial charge is 0.508 e. The molecule has 16 heavy (non-hydrogen) atoms. The number of methoxy groups -OCH3 is 1. The predicted molar refractivity (Wildman–Crippen MR) is 60.1 cm³/mol. The summed E-state index contributed by atoms with van der Waals surface area (Å²) in [6, 6.07) is 8.17. The summed E-state index contributed by atoms with van der Waals surface area (Å²) in [6.07, 6.45) is 0. The first kappa shape index (κ1) is 10.2. The fourth-order valence-corrected chi connectivity index (χ4v) is 1.32. The summed E-state index contributed by atoms with van der Waals surface area (Å²) in [7, 11) is 1.51. The van der Waals surface area contributed by atoms with Gasteiger partial charge in [0.1, 0.15) is 11.6 Å². The molecule has 3 N–H and O–H groups in total. The van der Waals surface area contributed by atoms with Gasteiger partial charge in [0.15, 0.2) is 5.82 Å². The van der Waals surface area contributed by atoms with Gasteiger partial charge in [0, 0.05) is 11.6 Å². The zero-order chi connectivity index (χ0) is 11.5. The van der Waals surface area contributed by atoms with Gasteiger partial charge < -0.3 is 15.6 Å². The molecule has 0 amide bonds. The molecule has 5 heteroatoms. The maximum Gasteiger partial charge on any atom is 0.218 e. The van der Waals surface area contributed by atoms with Crippen molar-refractivity contribution >= 4 is 5.82 Å². The van der Waals surface area contributed by atoms with Gasteiger partial charge in [0.2, 0.25) is 5.88 Å². The minimum Gasteiger partial charge on any atom is -0.508 e. The second-order valence-electron chi connectivity index (χ2n) is 3.21. The lowest BCUT2D eigenvalue weighted by Crippen LogP contribution is -1.98. The molecular formula is C11H11N3O2. The van der Waals surface area contributed by atoms with Crippen LogP contribution in [0.25, 0.3) is 11.4 Å². The second-order valence-corrected chi connectivity index (χ2v) is 3.21. The molecule has 0 spiro atoms. The van der Waals surface area contributed by atoms with Crippen LogP contribution in [-0.2, 0) is 0 Å². The number of hydrogen-bond acceptors (Lipinski definition) is 5. The molecule has 0 fully saturated rings. The van der Waals surface area contributed by atoms with E-state index in [4.69, 9.17) is 10.5 Å². The molecule has 0 aliphatic carbocycles. The SMILES string of the molecule is COc1cc(N)nc(-c2cccc(O)c2)n1. The molecule has 1 aromatic carbocycles. The smallest absolute Gasteiger partial charge is 0.218 e. The quantitative estimate of drug-likeness (QED) is 0.795. The average molecular weight is 217 g/mol. The molecule has 0 bridgehead atoms. The number of nitrogens with zero attached hydrogens (tertiary/aromatic N) is 2. The van der Waals surface area contributed by atoms with E-state index in [2.05, 4.69) is 9.97 Å². The highest BCUT2D eigenvalue weighted by atomic mass is 16.5. The lowest BCUT2D eigenvalue weighted by atomic mass is 10.2. The van der Waals surface area contributed by atoms with Crippen LogP contribution in [0.3, 0.4) is 0 Å². The number of phenols is 1. The fourth-order valence-electron chi connectivity index (χ4n) is 1.32. The molecule has 0 aliphatic heterocycles.